The fourth-order valence-electron chi connectivity index (χ4n) is 0.929. The Morgan fingerprint density at radius 1 is 1.62 bits per heavy atom. The molecular weight excluding hydrogens is 98.1 g/mol. The monoisotopic (exact) mass is 111 g/mol. The third-order valence-corrected chi connectivity index (χ3v) is 1.79. The van der Waals surface area contributed by atoms with Crippen LogP contribution in [0.1, 0.15) is 19.8 Å². The van der Waals surface area contributed by atoms with Crippen molar-refractivity contribution in [3.63, 3.8) is 0 Å². The predicted octanol–water partition coefficient (Wildman–Crippen LogP) is 1.61. The van der Waals surface area contributed by atoms with Crippen molar-refractivity contribution in [3.8, 4) is 0 Å². The zero-order chi connectivity index (χ0) is 5.98. The molecule has 0 N–H and O–H groups in total. The Bertz CT molecular complexity index is 96.6. The number of hydrogen-bond acceptors (Lipinski definition) is 1. The molecule has 1 atom stereocenters. The number of allylic oxidation sites excluding steroid dienone is 1. The molecule has 0 amide bonds. The van der Waals surface area contributed by atoms with Gasteiger partial charge in [-0.15, -0.1) is 0 Å². The Kier molecular flexibility index (Phi) is 1.56. The second-order valence-electron chi connectivity index (χ2n) is 2.48. The lowest BCUT2D eigenvalue weighted by molar-refractivity contribution is 0.319. The molecule has 0 radical (unpaired) electrons. The summed E-state index contributed by atoms with van der Waals surface area (Å²) in [5.74, 6) is 0. The first-order valence-electron chi connectivity index (χ1n) is 3.19. The van der Waals surface area contributed by atoms with Gasteiger partial charge in [0, 0.05) is 13.1 Å². The lowest BCUT2D eigenvalue weighted by Gasteiger charge is -2.25. The van der Waals surface area contributed by atoms with Crippen LogP contribution in [0.25, 0.3) is 0 Å². The summed E-state index contributed by atoms with van der Waals surface area (Å²) < 4.78 is 0. The summed E-state index contributed by atoms with van der Waals surface area (Å²) in [5, 5.41) is 0. The molecule has 1 aliphatic heterocycles. The van der Waals surface area contributed by atoms with Crippen molar-refractivity contribution < 1.29 is 0 Å². The molecule has 1 unspecified atom stereocenters. The molecule has 0 aliphatic carbocycles. The summed E-state index contributed by atoms with van der Waals surface area (Å²) in [6.07, 6.45) is 6.95. The van der Waals surface area contributed by atoms with Crippen LogP contribution in [0.5, 0.6) is 0 Å². The minimum absolute atomic E-state index is 0.750. The van der Waals surface area contributed by atoms with E-state index in [4.69, 9.17) is 0 Å². The first-order valence-corrected chi connectivity index (χ1v) is 3.19. The van der Waals surface area contributed by atoms with Crippen molar-refractivity contribution in [1.29, 1.82) is 0 Å². The summed E-state index contributed by atoms with van der Waals surface area (Å²) in [6.45, 7) is 2.25. The molecule has 0 saturated carbocycles. The van der Waals surface area contributed by atoms with Crippen molar-refractivity contribution in [2.45, 2.75) is 25.8 Å². The molecule has 1 heterocycles. The van der Waals surface area contributed by atoms with Crippen LogP contribution in [-0.2, 0) is 0 Å². The van der Waals surface area contributed by atoms with E-state index in [1.807, 2.05) is 0 Å². The van der Waals surface area contributed by atoms with Gasteiger partial charge in [-0.1, -0.05) is 6.08 Å². The van der Waals surface area contributed by atoms with Gasteiger partial charge in [0.2, 0.25) is 0 Å². The van der Waals surface area contributed by atoms with Gasteiger partial charge >= 0.3 is 0 Å². The van der Waals surface area contributed by atoms with Gasteiger partial charge in [-0.2, -0.15) is 0 Å². The van der Waals surface area contributed by atoms with E-state index in [0.717, 1.165) is 6.04 Å². The molecule has 1 aliphatic rings. The van der Waals surface area contributed by atoms with E-state index in [9.17, 15) is 0 Å². The van der Waals surface area contributed by atoms with Crippen molar-refractivity contribution in [1.82, 2.24) is 4.90 Å². The standard InChI is InChI=1S/C7H13N/c1-7-5-3-4-6-8(7)2/h4,6-7H,3,5H2,1-2H3. The second-order valence-corrected chi connectivity index (χ2v) is 2.48. The Morgan fingerprint density at radius 2 is 2.38 bits per heavy atom. The molecule has 0 fully saturated rings. The van der Waals surface area contributed by atoms with Crippen LogP contribution in [0.4, 0.5) is 0 Å². The van der Waals surface area contributed by atoms with Crippen LogP contribution in [0.2, 0.25) is 0 Å². The summed E-state index contributed by atoms with van der Waals surface area (Å²) in [6, 6.07) is 0.750. The molecule has 0 aromatic heterocycles. The van der Waals surface area contributed by atoms with Crippen molar-refractivity contribution >= 4 is 0 Å². The fraction of sp³-hybridized carbons (Fsp3) is 0.714. The first-order chi connectivity index (χ1) is 3.80. The molecule has 0 aromatic carbocycles. The van der Waals surface area contributed by atoms with Gasteiger partial charge in [-0.25, -0.2) is 0 Å². The van der Waals surface area contributed by atoms with Gasteiger partial charge in [-0.3, -0.25) is 0 Å². The molecule has 0 saturated heterocycles. The quantitative estimate of drug-likeness (QED) is 0.459. The van der Waals surface area contributed by atoms with E-state index in [1.54, 1.807) is 0 Å². The highest BCUT2D eigenvalue weighted by Crippen LogP contribution is 2.10. The van der Waals surface area contributed by atoms with Crippen LogP contribution < -0.4 is 0 Å². The molecule has 0 spiro atoms. The Morgan fingerprint density at radius 3 is 2.75 bits per heavy atom. The van der Waals surface area contributed by atoms with Crippen LogP contribution >= 0.6 is 0 Å². The molecular formula is C7H13N. The normalized spacial score (nSPS) is 28.8. The minimum Gasteiger partial charge on any atom is -0.378 e. The van der Waals surface area contributed by atoms with E-state index in [-0.39, 0.29) is 0 Å². The molecule has 8 heavy (non-hydrogen) atoms. The number of nitrogens with zero attached hydrogens (tertiary/aromatic N) is 1. The molecule has 1 nitrogen and oxygen atoms in total. The fourth-order valence-corrected chi connectivity index (χ4v) is 0.929. The van der Waals surface area contributed by atoms with Gasteiger partial charge in [0.05, 0.1) is 0 Å². The largest absolute Gasteiger partial charge is 0.378 e. The van der Waals surface area contributed by atoms with Crippen LogP contribution in [0.3, 0.4) is 0 Å². The highest BCUT2D eigenvalue weighted by atomic mass is 15.1. The van der Waals surface area contributed by atoms with Gasteiger partial charge < -0.3 is 4.90 Å². The molecule has 1 rings (SSSR count). The minimum atomic E-state index is 0.750. The Labute approximate surface area is 51.0 Å². The zero-order valence-electron chi connectivity index (χ0n) is 5.59. The molecule has 1 heteroatoms. The van der Waals surface area contributed by atoms with Crippen molar-refractivity contribution in [2.75, 3.05) is 7.05 Å². The highest BCUT2D eigenvalue weighted by Gasteiger charge is 2.06. The topological polar surface area (TPSA) is 3.24 Å². The van der Waals surface area contributed by atoms with E-state index >= 15 is 0 Å². The van der Waals surface area contributed by atoms with Gasteiger partial charge in [-0.05, 0) is 26.0 Å². The highest BCUT2D eigenvalue weighted by molar-refractivity contribution is 4.89. The maximum atomic E-state index is 2.25. The van der Waals surface area contributed by atoms with Crippen LogP contribution in [-0.4, -0.2) is 18.0 Å². The third kappa shape index (κ3) is 1.03. The lowest BCUT2D eigenvalue weighted by atomic mass is 10.1. The maximum Gasteiger partial charge on any atom is 0.0255 e. The number of rotatable bonds is 0. The van der Waals surface area contributed by atoms with E-state index < -0.39 is 0 Å². The smallest absolute Gasteiger partial charge is 0.0255 e. The summed E-state index contributed by atoms with van der Waals surface area (Å²) in [7, 11) is 2.13. The summed E-state index contributed by atoms with van der Waals surface area (Å²) in [5.41, 5.74) is 0. The van der Waals surface area contributed by atoms with Gasteiger partial charge in [0.15, 0.2) is 0 Å². The molecule has 0 bridgehead atoms. The SMILES string of the molecule is CC1CCC=CN1C. The second kappa shape index (κ2) is 2.21. The Balaban J connectivity index is 2.47. The maximum absolute atomic E-state index is 2.25. The average molecular weight is 111 g/mol. The summed E-state index contributed by atoms with van der Waals surface area (Å²) in [4.78, 5) is 2.25. The zero-order valence-corrected chi connectivity index (χ0v) is 5.59. The predicted molar refractivity (Wildman–Crippen MR) is 35.6 cm³/mol. The van der Waals surface area contributed by atoms with Gasteiger partial charge in [0.25, 0.3) is 0 Å². The van der Waals surface area contributed by atoms with Gasteiger partial charge in [0.1, 0.15) is 0 Å². The van der Waals surface area contributed by atoms with Crippen LogP contribution in [0.15, 0.2) is 12.3 Å². The molecule has 0 aromatic rings. The van der Waals surface area contributed by atoms with Crippen LogP contribution in [0, 0.1) is 0 Å². The third-order valence-electron chi connectivity index (χ3n) is 1.79. The Hall–Kier alpha value is -0.460. The molecule has 46 valence electrons. The first kappa shape index (κ1) is 5.67. The average Bonchev–Trinajstić information content (AvgIpc) is 1.77. The van der Waals surface area contributed by atoms with Crippen molar-refractivity contribution in [2.24, 2.45) is 0 Å². The van der Waals surface area contributed by atoms with Crippen molar-refractivity contribution in [3.05, 3.63) is 12.3 Å². The van der Waals surface area contributed by atoms with E-state index in [1.165, 1.54) is 12.8 Å². The van der Waals surface area contributed by atoms with E-state index in [0.29, 0.717) is 0 Å². The number of hydrogen-bond donors (Lipinski definition) is 0. The van der Waals surface area contributed by atoms with E-state index in [2.05, 4.69) is 31.1 Å². The summed E-state index contributed by atoms with van der Waals surface area (Å²) >= 11 is 0. The lowest BCUT2D eigenvalue weighted by Crippen LogP contribution is -2.25.